The Balaban J connectivity index is 3.13. The zero-order valence-corrected chi connectivity index (χ0v) is 8.73. The lowest BCUT2D eigenvalue weighted by atomic mass is 10.1. The van der Waals surface area contributed by atoms with Crippen molar-refractivity contribution in [3.63, 3.8) is 0 Å². The van der Waals surface area contributed by atoms with Gasteiger partial charge in [-0.3, -0.25) is 4.79 Å². The van der Waals surface area contributed by atoms with Gasteiger partial charge in [-0.05, 0) is 19.1 Å². The Hall–Kier alpha value is -1.93. The fourth-order valence-electron chi connectivity index (χ4n) is 1.18. The van der Waals surface area contributed by atoms with E-state index in [0.29, 0.717) is 17.9 Å². The van der Waals surface area contributed by atoms with Gasteiger partial charge in [0.1, 0.15) is 5.75 Å². The van der Waals surface area contributed by atoms with E-state index in [1.54, 1.807) is 24.3 Å². The fraction of sp³-hybridized carbons (Fsp3) is 0.273. The van der Waals surface area contributed by atoms with Crippen LogP contribution in [0.2, 0.25) is 0 Å². The minimum absolute atomic E-state index is 0.0437. The molecule has 4 heteroatoms. The van der Waals surface area contributed by atoms with Crippen LogP contribution in [0.1, 0.15) is 24.2 Å². The zero-order chi connectivity index (χ0) is 11.3. The van der Waals surface area contributed by atoms with Crippen molar-refractivity contribution in [1.29, 1.82) is 0 Å². The van der Waals surface area contributed by atoms with Gasteiger partial charge in [-0.2, -0.15) is 4.79 Å². The van der Waals surface area contributed by atoms with Crippen molar-refractivity contribution < 1.29 is 14.3 Å². The molecular formula is C11H12N2O2. The van der Waals surface area contributed by atoms with Crippen molar-refractivity contribution in [3.05, 3.63) is 35.4 Å². The van der Waals surface area contributed by atoms with Crippen LogP contribution in [0, 0.1) is 0 Å². The zero-order valence-electron chi connectivity index (χ0n) is 8.73. The SMILES string of the molecule is CCOc1ccccc1C(=O)C(C)=[N+]=[N-]. The lowest BCUT2D eigenvalue weighted by Crippen LogP contribution is -2.13. The molecule has 0 aromatic heterocycles. The smallest absolute Gasteiger partial charge is 0.336 e. The van der Waals surface area contributed by atoms with E-state index in [-0.39, 0.29) is 11.5 Å². The molecule has 4 nitrogen and oxygen atoms in total. The highest BCUT2D eigenvalue weighted by Crippen LogP contribution is 2.18. The van der Waals surface area contributed by atoms with Crippen molar-refractivity contribution in [2.24, 2.45) is 0 Å². The van der Waals surface area contributed by atoms with Gasteiger partial charge in [-0.15, -0.1) is 0 Å². The molecule has 0 saturated carbocycles. The Morgan fingerprint density at radius 1 is 1.47 bits per heavy atom. The summed E-state index contributed by atoms with van der Waals surface area (Å²) in [4.78, 5) is 14.6. The number of nitrogens with zero attached hydrogens (tertiary/aromatic N) is 2. The Morgan fingerprint density at radius 2 is 2.13 bits per heavy atom. The first-order valence-electron chi connectivity index (χ1n) is 4.65. The summed E-state index contributed by atoms with van der Waals surface area (Å²) >= 11 is 0. The first kappa shape index (κ1) is 11.1. The summed E-state index contributed by atoms with van der Waals surface area (Å²) in [5.41, 5.74) is 8.97. The molecule has 78 valence electrons. The number of para-hydroxylation sites is 1. The predicted molar refractivity (Wildman–Crippen MR) is 56.2 cm³/mol. The van der Waals surface area contributed by atoms with Crippen LogP contribution in [-0.2, 0) is 0 Å². The first-order valence-corrected chi connectivity index (χ1v) is 4.65. The number of hydrogen-bond donors (Lipinski definition) is 0. The summed E-state index contributed by atoms with van der Waals surface area (Å²) in [6, 6.07) is 6.87. The number of hydrogen-bond acceptors (Lipinski definition) is 2. The molecule has 0 bridgehead atoms. The lowest BCUT2D eigenvalue weighted by Gasteiger charge is -2.06. The molecule has 1 rings (SSSR count). The Bertz CT molecular complexity index is 420. The second kappa shape index (κ2) is 5.08. The second-order valence-corrected chi connectivity index (χ2v) is 2.94. The summed E-state index contributed by atoms with van der Waals surface area (Å²) in [5, 5.41) is 0. The van der Waals surface area contributed by atoms with Crippen LogP contribution in [0.3, 0.4) is 0 Å². The van der Waals surface area contributed by atoms with Crippen LogP contribution in [0.15, 0.2) is 24.3 Å². The van der Waals surface area contributed by atoms with E-state index in [0.717, 1.165) is 0 Å². The predicted octanol–water partition coefficient (Wildman–Crippen LogP) is 1.96. The molecular weight excluding hydrogens is 192 g/mol. The van der Waals surface area contributed by atoms with E-state index in [1.165, 1.54) is 6.92 Å². The molecule has 0 heterocycles. The topological polar surface area (TPSA) is 62.7 Å². The van der Waals surface area contributed by atoms with Gasteiger partial charge in [0.25, 0.3) is 5.78 Å². The average Bonchev–Trinajstić information content (AvgIpc) is 2.28. The number of Topliss-reactive ketones (excluding diaryl/α,β-unsaturated/α-hetero) is 1. The third kappa shape index (κ3) is 2.51. The lowest BCUT2D eigenvalue weighted by molar-refractivity contribution is -0.00682. The first-order chi connectivity index (χ1) is 7.20. The Kier molecular flexibility index (Phi) is 3.77. The molecule has 0 amide bonds. The highest BCUT2D eigenvalue weighted by molar-refractivity contribution is 6.43. The van der Waals surface area contributed by atoms with Crippen molar-refractivity contribution in [2.45, 2.75) is 13.8 Å². The minimum atomic E-state index is -0.332. The minimum Gasteiger partial charge on any atom is -0.493 e. The molecule has 0 aliphatic heterocycles. The third-order valence-corrected chi connectivity index (χ3v) is 1.91. The molecule has 0 saturated heterocycles. The van der Waals surface area contributed by atoms with Crippen molar-refractivity contribution in [1.82, 2.24) is 0 Å². The largest absolute Gasteiger partial charge is 0.493 e. The normalized spacial score (nSPS) is 9.20. The van der Waals surface area contributed by atoms with Crippen LogP contribution in [0.5, 0.6) is 5.75 Å². The van der Waals surface area contributed by atoms with Gasteiger partial charge in [0.05, 0.1) is 12.2 Å². The molecule has 0 atom stereocenters. The van der Waals surface area contributed by atoms with Crippen LogP contribution >= 0.6 is 0 Å². The van der Waals surface area contributed by atoms with E-state index in [1.807, 2.05) is 6.92 Å². The number of benzene rings is 1. The summed E-state index contributed by atoms with van der Waals surface area (Å²) in [7, 11) is 0. The molecule has 1 aromatic rings. The number of carbonyl (C=O) groups excluding carboxylic acids is 1. The molecule has 1 aromatic carbocycles. The molecule has 0 aliphatic rings. The third-order valence-electron chi connectivity index (χ3n) is 1.91. The Labute approximate surface area is 88.1 Å². The van der Waals surface area contributed by atoms with Gasteiger partial charge in [-0.1, -0.05) is 12.1 Å². The van der Waals surface area contributed by atoms with Gasteiger partial charge >= 0.3 is 5.71 Å². The average molecular weight is 204 g/mol. The standard InChI is InChI=1S/C11H12N2O2/c1-3-15-10-7-5-4-6-9(10)11(14)8(2)13-12/h4-7H,3H2,1-2H3. The fourth-order valence-corrected chi connectivity index (χ4v) is 1.18. The molecule has 0 radical (unpaired) electrons. The van der Waals surface area contributed by atoms with Gasteiger partial charge in [0, 0.05) is 6.92 Å². The molecule has 0 spiro atoms. The van der Waals surface area contributed by atoms with Crippen LogP contribution in [0.4, 0.5) is 0 Å². The molecule has 15 heavy (non-hydrogen) atoms. The summed E-state index contributed by atoms with van der Waals surface area (Å²) in [6.45, 7) is 3.78. The van der Waals surface area contributed by atoms with E-state index in [2.05, 4.69) is 4.79 Å². The van der Waals surface area contributed by atoms with Crippen LogP contribution in [0.25, 0.3) is 5.53 Å². The van der Waals surface area contributed by atoms with E-state index in [9.17, 15) is 4.79 Å². The van der Waals surface area contributed by atoms with E-state index in [4.69, 9.17) is 10.3 Å². The van der Waals surface area contributed by atoms with Gasteiger partial charge in [0.2, 0.25) is 0 Å². The molecule has 0 N–H and O–H groups in total. The van der Waals surface area contributed by atoms with Gasteiger partial charge in [0.15, 0.2) is 0 Å². The van der Waals surface area contributed by atoms with E-state index < -0.39 is 0 Å². The molecule has 0 unspecified atom stereocenters. The van der Waals surface area contributed by atoms with Gasteiger partial charge < -0.3 is 10.3 Å². The van der Waals surface area contributed by atoms with Crippen molar-refractivity contribution in [3.8, 4) is 5.75 Å². The summed E-state index contributed by atoms with van der Waals surface area (Å²) < 4.78 is 5.30. The summed E-state index contributed by atoms with van der Waals surface area (Å²) in [5.74, 6) is 0.176. The quantitative estimate of drug-likeness (QED) is 0.325. The summed E-state index contributed by atoms with van der Waals surface area (Å²) in [6.07, 6.45) is 0. The number of carbonyl (C=O) groups is 1. The van der Waals surface area contributed by atoms with Crippen LogP contribution in [-0.4, -0.2) is 22.9 Å². The number of rotatable bonds is 4. The second-order valence-electron chi connectivity index (χ2n) is 2.94. The highest BCUT2D eigenvalue weighted by Gasteiger charge is 2.19. The maximum absolute atomic E-state index is 11.7. The van der Waals surface area contributed by atoms with Crippen molar-refractivity contribution in [2.75, 3.05) is 6.61 Å². The highest BCUT2D eigenvalue weighted by atomic mass is 16.5. The molecule has 0 fully saturated rings. The monoisotopic (exact) mass is 204 g/mol. The number of ether oxygens (including phenoxy) is 1. The van der Waals surface area contributed by atoms with Crippen LogP contribution < -0.4 is 4.74 Å². The Morgan fingerprint density at radius 3 is 2.73 bits per heavy atom. The van der Waals surface area contributed by atoms with Crippen molar-refractivity contribution >= 4 is 11.5 Å². The maximum atomic E-state index is 11.7. The van der Waals surface area contributed by atoms with Gasteiger partial charge in [-0.25, -0.2) is 0 Å². The maximum Gasteiger partial charge on any atom is 0.336 e. The van der Waals surface area contributed by atoms with E-state index >= 15 is 0 Å². The molecule has 0 aliphatic carbocycles. The number of ketones is 1.